The fourth-order valence-electron chi connectivity index (χ4n) is 2.69. The van der Waals surface area contributed by atoms with Crippen molar-refractivity contribution in [1.29, 1.82) is 0 Å². The van der Waals surface area contributed by atoms with Gasteiger partial charge in [-0.25, -0.2) is 0 Å². The molecule has 0 aromatic heterocycles. The van der Waals surface area contributed by atoms with Gasteiger partial charge in [0.05, 0.1) is 0 Å². The molecule has 1 fully saturated rings. The Balaban J connectivity index is 1.89. The minimum atomic E-state index is 0.213. The highest BCUT2D eigenvalue weighted by molar-refractivity contribution is 5.75. The van der Waals surface area contributed by atoms with E-state index < -0.39 is 0 Å². The van der Waals surface area contributed by atoms with E-state index in [1.165, 1.54) is 25.9 Å². The van der Waals surface area contributed by atoms with E-state index in [9.17, 15) is 4.79 Å². The SMILES string of the molecule is CC1CCN(CCCNC(=O)CCCCCCN)CC1. The van der Waals surface area contributed by atoms with Crippen LogP contribution in [-0.2, 0) is 4.79 Å². The summed E-state index contributed by atoms with van der Waals surface area (Å²) in [5.74, 6) is 1.11. The minimum absolute atomic E-state index is 0.213. The van der Waals surface area contributed by atoms with Crippen LogP contribution in [0.1, 0.15) is 58.3 Å². The molecule has 0 spiro atoms. The van der Waals surface area contributed by atoms with Gasteiger partial charge in [-0.2, -0.15) is 0 Å². The second kappa shape index (κ2) is 11.1. The smallest absolute Gasteiger partial charge is 0.219 e. The van der Waals surface area contributed by atoms with Gasteiger partial charge in [0, 0.05) is 13.0 Å². The topological polar surface area (TPSA) is 58.4 Å². The highest BCUT2D eigenvalue weighted by Gasteiger charge is 2.14. The first-order valence-electron chi connectivity index (χ1n) is 8.41. The second-order valence-electron chi connectivity index (χ2n) is 6.18. The molecule has 0 aromatic carbocycles. The minimum Gasteiger partial charge on any atom is -0.356 e. The van der Waals surface area contributed by atoms with Crippen molar-refractivity contribution < 1.29 is 4.79 Å². The Labute approximate surface area is 124 Å². The first-order chi connectivity index (χ1) is 9.72. The second-order valence-corrected chi connectivity index (χ2v) is 6.18. The van der Waals surface area contributed by atoms with Crippen molar-refractivity contribution in [3.8, 4) is 0 Å². The molecule has 0 bridgehead atoms. The van der Waals surface area contributed by atoms with Crippen molar-refractivity contribution in [2.45, 2.75) is 58.3 Å². The van der Waals surface area contributed by atoms with Gasteiger partial charge in [-0.05, 0) is 64.2 Å². The third-order valence-corrected chi connectivity index (χ3v) is 4.21. The van der Waals surface area contributed by atoms with Gasteiger partial charge in [0.1, 0.15) is 0 Å². The maximum absolute atomic E-state index is 11.6. The number of hydrogen-bond donors (Lipinski definition) is 2. The number of carbonyl (C=O) groups is 1. The molecule has 1 saturated heterocycles. The maximum atomic E-state index is 11.6. The molecular weight excluding hydrogens is 250 g/mol. The standard InChI is InChI=1S/C16H33N3O/c1-15-8-13-19(14-9-15)12-6-11-18-16(20)7-4-2-3-5-10-17/h15H,2-14,17H2,1H3,(H,18,20). The molecular formula is C16H33N3O. The number of unbranched alkanes of at least 4 members (excludes halogenated alkanes) is 3. The molecule has 0 unspecified atom stereocenters. The summed E-state index contributed by atoms with van der Waals surface area (Å²) in [5, 5.41) is 3.03. The van der Waals surface area contributed by atoms with Gasteiger partial charge in [0.2, 0.25) is 5.91 Å². The summed E-state index contributed by atoms with van der Waals surface area (Å²) >= 11 is 0. The van der Waals surface area contributed by atoms with E-state index in [2.05, 4.69) is 17.1 Å². The van der Waals surface area contributed by atoms with E-state index in [1.54, 1.807) is 0 Å². The zero-order chi connectivity index (χ0) is 14.6. The molecule has 0 radical (unpaired) electrons. The molecule has 1 aliphatic rings. The van der Waals surface area contributed by atoms with Crippen LogP contribution >= 0.6 is 0 Å². The van der Waals surface area contributed by atoms with Gasteiger partial charge >= 0.3 is 0 Å². The van der Waals surface area contributed by atoms with E-state index in [-0.39, 0.29) is 5.91 Å². The Morgan fingerprint density at radius 2 is 1.85 bits per heavy atom. The van der Waals surface area contributed by atoms with E-state index in [1.807, 2.05) is 0 Å². The number of nitrogens with one attached hydrogen (secondary N) is 1. The molecule has 118 valence electrons. The van der Waals surface area contributed by atoms with Gasteiger partial charge in [-0.1, -0.05) is 19.8 Å². The number of rotatable bonds is 10. The van der Waals surface area contributed by atoms with Crippen LogP contribution in [0.15, 0.2) is 0 Å². The monoisotopic (exact) mass is 283 g/mol. The number of nitrogens with zero attached hydrogens (tertiary/aromatic N) is 1. The van der Waals surface area contributed by atoms with Crippen LogP contribution < -0.4 is 11.1 Å². The first kappa shape index (κ1) is 17.4. The Bertz CT molecular complexity index is 250. The first-order valence-corrected chi connectivity index (χ1v) is 8.41. The number of nitrogens with two attached hydrogens (primary N) is 1. The molecule has 1 rings (SSSR count). The largest absolute Gasteiger partial charge is 0.356 e. The quantitative estimate of drug-likeness (QED) is 0.604. The van der Waals surface area contributed by atoms with Crippen LogP contribution in [0, 0.1) is 5.92 Å². The van der Waals surface area contributed by atoms with E-state index in [0.29, 0.717) is 6.42 Å². The number of amides is 1. The molecule has 0 aliphatic carbocycles. The molecule has 4 heteroatoms. The zero-order valence-corrected chi connectivity index (χ0v) is 13.2. The van der Waals surface area contributed by atoms with Crippen LogP contribution in [0.25, 0.3) is 0 Å². The number of hydrogen-bond acceptors (Lipinski definition) is 3. The van der Waals surface area contributed by atoms with Crippen molar-refractivity contribution in [1.82, 2.24) is 10.2 Å². The van der Waals surface area contributed by atoms with Crippen LogP contribution in [-0.4, -0.2) is 43.5 Å². The van der Waals surface area contributed by atoms with Gasteiger partial charge < -0.3 is 16.0 Å². The lowest BCUT2D eigenvalue weighted by Gasteiger charge is -2.30. The van der Waals surface area contributed by atoms with E-state index in [0.717, 1.165) is 57.7 Å². The van der Waals surface area contributed by atoms with Gasteiger partial charge in [0.15, 0.2) is 0 Å². The highest BCUT2D eigenvalue weighted by Crippen LogP contribution is 2.15. The Morgan fingerprint density at radius 1 is 1.15 bits per heavy atom. The van der Waals surface area contributed by atoms with E-state index in [4.69, 9.17) is 5.73 Å². The summed E-state index contributed by atoms with van der Waals surface area (Å²) in [6.07, 6.45) is 8.75. The number of piperidine rings is 1. The fourth-order valence-corrected chi connectivity index (χ4v) is 2.69. The number of likely N-dealkylation sites (tertiary alicyclic amines) is 1. The molecule has 1 aliphatic heterocycles. The third kappa shape index (κ3) is 8.54. The molecule has 4 nitrogen and oxygen atoms in total. The predicted octanol–water partition coefficient (Wildman–Crippen LogP) is 2.13. The van der Waals surface area contributed by atoms with Crippen LogP contribution in [0.2, 0.25) is 0 Å². The lowest BCUT2D eigenvalue weighted by atomic mass is 9.99. The van der Waals surface area contributed by atoms with Crippen molar-refractivity contribution in [2.75, 3.05) is 32.7 Å². The molecule has 20 heavy (non-hydrogen) atoms. The average molecular weight is 283 g/mol. The van der Waals surface area contributed by atoms with Crippen molar-refractivity contribution in [3.05, 3.63) is 0 Å². The lowest BCUT2D eigenvalue weighted by molar-refractivity contribution is -0.121. The molecule has 0 aromatic rings. The Kier molecular flexibility index (Phi) is 9.67. The third-order valence-electron chi connectivity index (χ3n) is 4.21. The van der Waals surface area contributed by atoms with Crippen molar-refractivity contribution in [2.24, 2.45) is 11.7 Å². The fraction of sp³-hybridized carbons (Fsp3) is 0.938. The molecule has 1 heterocycles. The van der Waals surface area contributed by atoms with Gasteiger partial charge in [0.25, 0.3) is 0 Å². The van der Waals surface area contributed by atoms with Crippen LogP contribution in [0.4, 0.5) is 0 Å². The summed E-state index contributed by atoms with van der Waals surface area (Å²) in [6, 6.07) is 0. The Morgan fingerprint density at radius 3 is 2.55 bits per heavy atom. The van der Waals surface area contributed by atoms with Crippen molar-refractivity contribution >= 4 is 5.91 Å². The molecule has 3 N–H and O–H groups in total. The summed E-state index contributed by atoms with van der Waals surface area (Å²) in [4.78, 5) is 14.1. The Hall–Kier alpha value is -0.610. The van der Waals surface area contributed by atoms with Crippen LogP contribution in [0.5, 0.6) is 0 Å². The molecule has 0 saturated carbocycles. The lowest BCUT2D eigenvalue weighted by Crippen LogP contribution is -2.35. The van der Waals surface area contributed by atoms with Gasteiger partial charge in [-0.15, -0.1) is 0 Å². The van der Waals surface area contributed by atoms with Gasteiger partial charge in [-0.3, -0.25) is 4.79 Å². The summed E-state index contributed by atoms with van der Waals surface area (Å²) in [7, 11) is 0. The normalized spacial score (nSPS) is 17.3. The predicted molar refractivity (Wildman–Crippen MR) is 84.6 cm³/mol. The van der Waals surface area contributed by atoms with E-state index >= 15 is 0 Å². The summed E-state index contributed by atoms with van der Waals surface area (Å²) in [5.41, 5.74) is 5.44. The molecule has 1 amide bonds. The molecule has 0 atom stereocenters. The summed E-state index contributed by atoms with van der Waals surface area (Å²) < 4.78 is 0. The van der Waals surface area contributed by atoms with Crippen molar-refractivity contribution in [3.63, 3.8) is 0 Å². The average Bonchev–Trinajstić information content (AvgIpc) is 2.45. The van der Waals surface area contributed by atoms with Crippen LogP contribution in [0.3, 0.4) is 0 Å². The number of carbonyl (C=O) groups excluding carboxylic acids is 1. The zero-order valence-electron chi connectivity index (χ0n) is 13.2. The highest BCUT2D eigenvalue weighted by atomic mass is 16.1. The summed E-state index contributed by atoms with van der Waals surface area (Å²) in [6.45, 7) is 7.52. The maximum Gasteiger partial charge on any atom is 0.219 e.